The Bertz CT molecular complexity index is 719. The molecule has 0 saturated heterocycles. The molecule has 0 radical (unpaired) electrons. The quantitative estimate of drug-likeness (QED) is 0.850. The van der Waals surface area contributed by atoms with Crippen molar-refractivity contribution >= 4 is 43.2 Å². The van der Waals surface area contributed by atoms with E-state index in [9.17, 15) is 8.42 Å². The number of hydrogen-bond acceptors (Lipinski definition) is 3. The van der Waals surface area contributed by atoms with Crippen molar-refractivity contribution in [1.29, 1.82) is 0 Å². The lowest BCUT2D eigenvalue weighted by Crippen LogP contribution is -2.15. The predicted octanol–water partition coefficient (Wildman–Crippen LogP) is 3.61. The molecule has 0 spiro atoms. The first-order chi connectivity index (χ1) is 8.92. The van der Waals surface area contributed by atoms with Crippen LogP contribution in [0.2, 0.25) is 5.02 Å². The summed E-state index contributed by atoms with van der Waals surface area (Å²) in [6, 6.07) is 8.02. The molecular weight excluding hydrogens is 352 g/mol. The molecule has 0 atom stereocenters. The maximum atomic E-state index is 12.3. The first kappa shape index (κ1) is 14.3. The van der Waals surface area contributed by atoms with Gasteiger partial charge in [-0.2, -0.15) is 0 Å². The van der Waals surface area contributed by atoms with Crippen LogP contribution in [-0.4, -0.2) is 13.4 Å². The van der Waals surface area contributed by atoms with Crippen molar-refractivity contribution in [2.45, 2.75) is 11.8 Å². The molecule has 1 N–H and O–H groups in total. The lowest BCUT2D eigenvalue weighted by molar-refractivity contribution is 0.600. The molecule has 0 aliphatic carbocycles. The fourth-order valence-electron chi connectivity index (χ4n) is 1.54. The molecule has 0 fully saturated rings. The fraction of sp³-hybridized carbons (Fsp3) is 0.0833. The molecule has 19 heavy (non-hydrogen) atoms. The number of nitrogens with one attached hydrogen (secondary N) is 1. The maximum absolute atomic E-state index is 12.3. The van der Waals surface area contributed by atoms with Gasteiger partial charge in [0.15, 0.2) is 0 Å². The molecule has 100 valence electrons. The Labute approximate surface area is 125 Å². The minimum absolute atomic E-state index is 0.149. The summed E-state index contributed by atoms with van der Waals surface area (Å²) in [5, 5.41) is 0.410. The van der Waals surface area contributed by atoms with Crippen LogP contribution in [0.4, 0.5) is 5.69 Å². The number of benzene rings is 1. The van der Waals surface area contributed by atoms with Crippen LogP contribution < -0.4 is 4.72 Å². The predicted molar refractivity (Wildman–Crippen MR) is 78.9 cm³/mol. The Balaban J connectivity index is 2.44. The Morgan fingerprint density at radius 1 is 1.26 bits per heavy atom. The van der Waals surface area contributed by atoms with Crippen LogP contribution in [0.25, 0.3) is 0 Å². The van der Waals surface area contributed by atoms with Gasteiger partial charge in [-0.15, -0.1) is 0 Å². The van der Waals surface area contributed by atoms with E-state index in [1.54, 1.807) is 37.4 Å². The average molecular weight is 362 g/mol. The highest BCUT2D eigenvalue weighted by Crippen LogP contribution is 2.26. The number of nitrogens with zero attached hydrogens (tertiary/aromatic N) is 1. The smallest absolute Gasteiger partial charge is 0.262 e. The average Bonchev–Trinajstić information content (AvgIpc) is 2.35. The van der Waals surface area contributed by atoms with Crippen LogP contribution in [0.3, 0.4) is 0 Å². The molecule has 2 aromatic rings. The van der Waals surface area contributed by atoms with Gasteiger partial charge in [0.1, 0.15) is 4.60 Å². The zero-order valence-electron chi connectivity index (χ0n) is 9.89. The number of hydrogen-bond donors (Lipinski definition) is 1. The highest BCUT2D eigenvalue weighted by molar-refractivity contribution is 9.10. The number of anilines is 1. The highest BCUT2D eigenvalue weighted by atomic mass is 79.9. The second-order valence-corrected chi connectivity index (χ2v) is 6.62. The van der Waals surface area contributed by atoms with E-state index in [1.807, 2.05) is 0 Å². The van der Waals surface area contributed by atoms with Crippen molar-refractivity contribution in [3.63, 3.8) is 0 Å². The molecule has 1 aromatic heterocycles. The number of halogens is 2. The lowest BCUT2D eigenvalue weighted by Gasteiger charge is -2.11. The topological polar surface area (TPSA) is 59.1 Å². The van der Waals surface area contributed by atoms with Crippen molar-refractivity contribution in [3.8, 4) is 0 Å². The standard InChI is InChI=1S/C12H10BrClN2O2S/c1-8-9(14)4-2-6-11(8)19(17,18)16-10-5-3-7-15-12(10)13/h2-7,16H,1H3. The molecule has 0 aliphatic heterocycles. The van der Waals surface area contributed by atoms with Crippen LogP contribution >= 0.6 is 27.5 Å². The first-order valence-corrected chi connectivity index (χ1v) is 7.95. The second kappa shape index (κ2) is 5.48. The van der Waals surface area contributed by atoms with Crippen LogP contribution in [-0.2, 0) is 10.0 Å². The third-order valence-corrected chi connectivity index (χ3v) is 5.06. The van der Waals surface area contributed by atoms with Gasteiger partial charge < -0.3 is 0 Å². The molecule has 0 aliphatic rings. The summed E-state index contributed by atoms with van der Waals surface area (Å²) in [7, 11) is -3.69. The van der Waals surface area contributed by atoms with Crippen molar-refractivity contribution in [2.24, 2.45) is 0 Å². The molecule has 0 saturated carbocycles. The van der Waals surface area contributed by atoms with Crippen LogP contribution in [0.1, 0.15) is 5.56 Å². The zero-order valence-corrected chi connectivity index (χ0v) is 13.1. The van der Waals surface area contributed by atoms with Crippen LogP contribution in [0, 0.1) is 6.92 Å². The van der Waals surface area contributed by atoms with Gasteiger partial charge in [0.25, 0.3) is 10.0 Å². The molecule has 0 bridgehead atoms. The van der Waals surface area contributed by atoms with E-state index >= 15 is 0 Å². The third-order valence-electron chi connectivity index (χ3n) is 2.51. The van der Waals surface area contributed by atoms with E-state index in [0.717, 1.165) is 0 Å². The van der Waals surface area contributed by atoms with Gasteiger partial charge in [0.2, 0.25) is 0 Å². The van der Waals surface area contributed by atoms with Gasteiger partial charge >= 0.3 is 0 Å². The Hall–Kier alpha value is -1.11. The molecule has 7 heteroatoms. The molecular formula is C12H10BrClN2O2S. The van der Waals surface area contributed by atoms with E-state index in [4.69, 9.17) is 11.6 Å². The highest BCUT2D eigenvalue weighted by Gasteiger charge is 2.19. The molecule has 2 rings (SSSR count). The van der Waals surface area contributed by atoms with Gasteiger partial charge in [-0.25, -0.2) is 13.4 Å². The van der Waals surface area contributed by atoms with E-state index in [0.29, 0.717) is 20.9 Å². The second-order valence-electron chi connectivity index (χ2n) is 3.81. The Kier molecular flexibility index (Phi) is 4.13. The molecule has 0 unspecified atom stereocenters. The van der Waals surface area contributed by atoms with E-state index in [2.05, 4.69) is 25.6 Å². The van der Waals surface area contributed by atoms with Crippen molar-refractivity contribution < 1.29 is 8.42 Å². The van der Waals surface area contributed by atoms with Crippen molar-refractivity contribution in [2.75, 3.05) is 4.72 Å². The number of rotatable bonds is 3. The van der Waals surface area contributed by atoms with Gasteiger partial charge in [-0.05, 0) is 52.7 Å². The summed E-state index contributed by atoms with van der Waals surface area (Å²) in [4.78, 5) is 4.11. The number of pyridine rings is 1. The van der Waals surface area contributed by atoms with Crippen molar-refractivity contribution in [1.82, 2.24) is 4.98 Å². The molecule has 1 heterocycles. The molecule has 1 aromatic carbocycles. The normalized spacial score (nSPS) is 11.3. The summed E-state index contributed by atoms with van der Waals surface area (Å²) >= 11 is 9.13. The number of aromatic nitrogens is 1. The summed E-state index contributed by atoms with van der Waals surface area (Å²) < 4.78 is 27.5. The van der Waals surface area contributed by atoms with Gasteiger partial charge in [-0.1, -0.05) is 17.7 Å². The molecule has 4 nitrogen and oxygen atoms in total. The largest absolute Gasteiger partial charge is 0.277 e. The van der Waals surface area contributed by atoms with Crippen molar-refractivity contribution in [3.05, 3.63) is 51.7 Å². The SMILES string of the molecule is Cc1c(Cl)cccc1S(=O)(=O)Nc1cccnc1Br. The first-order valence-electron chi connectivity index (χ1n) is 5.30. The van der Waals surface area contributed by atoms with Crippen LogP contribution in [0.15, 0.2) is 46.0 Å². The molecule has 0 amide bonds. The Morgan fingerprint density at radius 3 is 2.68 bits per heavy atom. The van der Waals surface area contributed by atoms with E-state index in [-0.39, 0.29) is 4.90 Å². The Morgan fingerprint density at radius 2 is 2.00 bits per heavy atom. The summed E-state index contributed by atoms with van der Waals surface area (Å²) in [6.07, 6.45) is 1.56. The zero-order chi connectivity index (χ0) is 14.0. The lowest BCUT2D eigenvalue weighted by atomic mass is 10.2. The third kappa shape index (κ3) is 3.08. The van der Waals surface area contributed by atoms with Gasteiger partial charge in [-0.3, -0.25) is 4.72 Å². The fourth-order valence-corrected chi connectivity index (χ4v) is 3.59. The minimum atomic E-state index is -3.69. The summed E-state index contributed by atoms with van der Waals surface area (Å²) in [5.41, 5.74) is 0.888. The maximum Gasteiger partial charge on any atom is 0.262 e. The number of sulfonamides is 1. The minimum Gasteiger partial charge on any atom is -0.277 e. The van der Waals surface area contributed by atoms with Gasteiger partial charge in [0, 0.05) is 11.2 Å². The summed E-state index contributed by atoms with van der Waals surface area (Å²) in [5.74, 6) is 0. The van der Waals surface area contributed by atoms with E-state index < -0.39 is 10.0 Å². The van der Waals surface area contributed by atoms with Crippen LogP contribution in [0.5, 0.6) is 0 Å². The van der Waals surface area contributed by atoms with E-state index in [1.165, 1.54) is 6.07 Å². The monoisotopic (exact) mass is 360 g/mol. The summed E-state index contributed by atoms with van der Waals surface area (Å²) in [6.45, 7) is 1.66. The van der Waals surface area contributed by atoms with Gasteiger partial charge in [0.05, 0.1) is 10.6 Å².